The number of hydrogen-bond acceptors (Lipinski definition) is 4. The van der Waals surface area contributed by atoms with Crippen LogP contribution in [-0.2, 0) is 7.05 Å². The first-order valence-corrected chi connectivity index (χ1v) is 7.31. The molecule has 0 aliphatic carbocycles. The van der Waals surface area contributed by atoms with E-state index in [1.165, 1.54) is 0 Å². The Morgan fingerprint density at radius 1 is 1.26 bits per heavy atom. The molecule has 0 fully saturated rings. The van der Waals surface area contributed by atoms with Gasteiger partial charge in [-0.15, -0.1) is 0 Å². The van der Waals surface area contributed by atoms with E-state index in [-0.39, 0.29) is 12.7 Å². The van der Waals surface area contributed by atoms with E-state index in [4.69, 9.17) is 21.1 Å². The van der Waals surface area contributed by atoms with Crippen molar-refractivity contribution in [3.8, 4) is 11.5 Å². The number of aryl methyl sites for hydroxylation is 1. The molecule has 6 nitrogen and oxygen atoms in total. The third kappa shape index (κ3) is 2.37. The van der Waals surface area contributed by atoms with Crippen LogP contribution in [-0.4, -0.2) is 22.3 Å². The normalized spacial score (nSPS) is 12.6. The Bertz CT molecular complexity index is 936. The number of carbonyl (C=O) groups is 1. The van der Waals surface area contributed by atoms with Crippen LogP contribution in [0.15, 0.2) is 36.7 Å². The zero-order valence-corrected chi connectivity index (χ0v) is 12.9. The van der Waals surface area contributed by atoms with Gasteiger partial charge in [-0.05, 0) is 18.2 Å². The minimum atomic E-state index is -0.265. The number of amides is 1. The van der Waals surface area contributed by atoms with Crippen LogP contribution in [0, 0.1) is 0 Å². The summed E-state index contributed by atoms with van der Waals surface area (Å²) in [5.41, 5.74) is 2.70. The van der Waals surface area contributed by atoms with Gasteiger partial charge in [-0.3, -0.25) is 4.79 Å². The summed E-state index contributed by atoms with van der Waals surface area (Å²) in [7, 11) is 1.90. The highest BCUT2D eigenvalue weighted by molar-refractivity contribution is 6.34. The number of hydrogen-bond donors (Lipinski definition) is 1. The minimum absolute atomic E-state index is 0.152. The molecule has 7 heteroatoms. The molecule has 0 saturated heterocycles. The van der Waals surface area contributed by atoms with Crippen molar-refractivity contribution in [3.63, 3.8) is 0 Å². The van der Waals surface area contributed by atoms with Crippen LogP contribution in [0.5, 0.6) is 11.5 Å². The van der Waals surface area contributed by atoms with Crippen molar-refractivity contribution in [2.24, 2.45) is 7.05 Å². The van der Waals surface area contributed by atoms with E-state index in [0.717, 1.165) is 11.0 Å². The first kappa shape index (κ1) is 13.9. The number of halogens is 1. The molecule has 0 radical (unpaired) electrons. The van der Waals surface area contributed by atoms with Crippen LogP contribution < -0.4 is 14.8 Å². The van der Waals surface area contributed by atoms with Crippen molar-refractivity contribution in [1.29, 1.82) is 0 Å². The average Bonchev–Trinajstić information content (AvgIpc) is 3.14. The zero-order valence-electron chi connectivity index (χ0n) is 12.2. The number of aromatic nitrogens is 2. The van der Waals surface area contributed by atoms with E-state index in [2.05, 4.69) is 10.3 Å². The Labute approximate surface area is 136 Å². The standard InChI is InChI=1S/C16H12ClN3O3/c1-20-7-18-12-4-9(2-3-13(12)20)16(21)19-11-6-15-14(5-10(11)17)22-8-23-15/h2-7H,8H2,1H3,(H,19,21). The summed E-state index contributed by atoms with van der Waals surface area (Å²) in [4.78, 5) is 16.7. The van der Waals surface area contributed by atoms with Crippen LogP contribution in [0.25, 0.3) is 11.0 Å². The largest absolute Gasteiger partial charge is 0.454 e. The molecule has 1 aliphatic rings. The molecule has 4 rings (SSSR count). The van der Waals surface area contributed by atoms with Crippen LogP contribution >= 0.6 is 11.6 Å². The number of carbonyl (C=O) groups excluding carboxylic acids is 1. The quantitative estimate of drug-likeness (QED) is 0.784. The van der Waals surface area contributed by atoms with E-state index in [1.807, 2.05) is 17.7 Å². The van der Waals surface area contributed by atoms with Gasteiger partial charge >= 0.3 is 0 Å². The monoisotopic (exact) mass is 329 g/mol. The second kappa shape index (κ2) is 5.17. The molecular weight excluding hydrogens is 318 g/mol. The molecule has 23 heavy (non-hydrogen) atoms. The Hall–Kier alpha value is -2.73. The molecule has 1 aromatic heterocycles. The summed E-state index contributed by atoms with van der Waals surface area (Å²) in [5.74, 6) is 0.867. The maximum absolute atomic E-state index is 12.4. The van der Waals surface area contributed by atoms with E-state index in [0.29, 0.717) is 27.8 Å². The number of rotatable bonds is 2. The summed E-state index contributed by atoms with van der Waals surface area (Å²) < 4.78 is 12.4. The van der Waals surface area contributed by atoms with Gasteiger partial charge in [0.25, 0.3) is 5.91 Å². The van der Waals surface area contributed by atoms with Gasteiger partial charge in [0, 0.05) is 24.7 Å². The van der Waals surface area contributed by atoms with Gasteiger partial charge in [0.1, 0.15) is 0 Å². The van der Waals surface area contributed by atoms with Gasteiger partial charge in [0.2, 0.25) is 6.79 Å². The van der Waals surface area contributed by atoms with Crippen molar-refractivity contribution < 1.29 is 14.3 Å². The number of benzene rings is 2. The van der Waals surface area contributed by atoms with E-state index in [9.17, 15) is 4.79 Å². The predicted molar refractivity (Wildman–Crippen MR) is 86.2 cm³/mol. The van der Waals surface area contributed by atoms with Gasteiger partial charge in [-0.1, -0.05) is 11.6 Å². The van der Waals surface area contributed by atoms with Gasteiger partial charge in [0.05, 0.1) is 28.1 Å². The molecule has 0 atom stereocenters. The highest BCUT2D eigenvalue weighted by Gasteiger charge is 2.18. The summed E-state index contributed by atoms with van der Waals surface area (Å²) in [6.45, 7) is 0.152. The fraction of sp³-hybridized carbons (Fsp3) is 0.125. The molecule has 116 valence electrons. The van der Waals surface area contributed by atoms with Gasteiger partial charge in [-0.2, -0.15) is 0 Å². The molecule has 1 N–H and O–H groups in total. The lowest BCUT2D eigenvalue weighted by molar-refractivity contribution is 0.102. The number of fused-ring (bicyclic) bond motifs is 2. The minimum Gasteiger partial charge on any atom is -0.454 e. The Morgan fingerprint density at radius 3 is 2.87 bits per heavy atom. The van der Waals surface area contributed by atoms with Crippen molar-refractivity contribution >= 4 is 34.2 Å². The molecule has 0 saturated carbocycles. The first-order valence-electron chi connectivity index (χ1n) is 6.93. The topological polar surface area (TPSA) is 65.4 Å². The third-order valence-corrected chi connectivity index (χ3v) is 4.01. The molecule has 3 aromatic rings. The summed E-state index contributed by atoms with van der Waals surface area (Å²) >= 11 is 6.17. The molecule has 2 heterocycles. The predicted octanol–water partition coefficient (Wildman–Crippen LogP) is 3.21. The number of ether oxygens (including phenoxy) is 2. The Balaban J connectivity index is 1.64. The van der Waals surface area contributed by atoms with E-state index >= 15 is 0 Å². The third-order valence-electron chi connectivity index (χ3n) is 3.70. The highest BCUT2D eigenvalue weighted by Crippen LogP contribution is 2.39. The lowest BCUT2D eigenvalue weighted by atomic mass is 10.1. The van der Waals surface area contributed by atoms with Crippen LogP contribution in [0.1, 0.15) is 10.4 Å². The lowest BCUT2D eigenvalue weighted by Gasteiger charge is -2.08. The molecule has 2 aromatic carbocycles. The van der Waals surface area contributed by atoms with E-state index in [1.54, 1.807) is 30.6 Å². The average molecular weight is 330 g/mol. The molecule has 0 spiro atoms. The fourth-order valence-electron chi connectivity index (χ4n) is 2.48. The van der Waals surface area contributed by atoms with Crippen molar-refractivity contribution in [2.45, 2.75) is 0 Å². The number of anilines is 1. The maximum Gasteiger partial charge on any atom is 0.255 e. The Morgan fingerprint density at radius 2 is 2.04 bits per heavy atom. The van der Waals surface area contributed by atoms with Gasteiger partial charge in [0.15, 0.2) is 11.5 Å². The summed E-state index contributed by atoms with van der Waals surface area (Å²) in [6.07, 6.45) is 1.71. The molecule has 0 unspecified atom stereocenters. The van der Waals surface area contributed by atoms with E-state index < -0.39 is 0 Å². The smallest absolute Gasteiger partial charge is 0.255 e. The number of imidazole rings is 1. The zero-order chi connectivity index (χ0) is 16.0. The van der Waals surface area contributed by atoms with Crippen LogP contribution in [0.3, 0.4) is 0 Å². The fourth-order valence-corrected chi connectivity index (χ4v) is 2.69. The molecule has 1 aliphatic heterocycles. The number of nitrogens with zero attached hydrogens (tertiary/aromatic N) is 2. The molecule has 0 bridgehead atoms. The van der Waals surface area contributed by atoms with Crippen molar-refractivity contribution in [1.82, 2.24) is 9.55 Å². The number of nitrogens with one attached hydrogen (secondary N) is 1. The molecular formula is C16H12ClN3O3. The van der Waals surface area contributed by atoms with Crippen LogP contribution in [0.2, 0.25) is 5.02 Å². The summed E-state index contributed by atoms with van der Waals surface area (Å²) in [5, 5.41) is 3.18. The SMILES string of the molecule is Cn1cnc2cc(C(=O)Nc3cc4c(cc3Cl)OCO4)ccc21. The second-order valence-electron chi connectivity index (χ2n) is 5.20. The summed E-state index contributed by atoms with van der Waals surface area (Å²) in [6, 6.07) is 8.63. The second-order valence-corrected chi connectivity index (χ2v) is 5.61. The Kier molecular flexibility index (Phi) is 3.12. The molecule has 1 amide bonds. The van der Waals surface area contributed by atoms with Gasteiger partial charge < -0.3 is 19.4 Å². The van der Waals surface area contributed by atoms with Gasteiger partial charge in [-0.25, -0.2) is 4.98 Å². The van der Waals surface area contributed by atoms with Crippen molar-refractivity contribution in [3.05, 3.63) is 47.2 Å². The first-order chi connectivity index (χ1) is 11.1. The van der Waals surface area contributed by atoms with Crippen LogP contribution in [0.4, 0.5) is 5.69 Å². The highest BCUT2D eigenvalue weighted by atomic mass is 35.5. The van der Waals surface area contributed by atoms with Crippen molar-refractivity contribution in [2.75, 3.05) is 12.1 Å². The maximum atomic E-state index is 12.4. The lowest BCUT2D eigenvalue weighted by Crippen LogP contribution is -2.12.